The maximum atomic E-state index is 12.9. The fourth-order valence-corrected chi connectivity index (χ4v) is 4.11. The Morgan fingerprint density at radius 3 is 2.15 bits per heavy atom. The van der Waals surface area contributed by atoms with Crippen LogP contribution >= 0.6 is 0 Å². The number of urea groups is 1. The molecule has 180 valence electrons. The van der Waals surface area contributed by atoms with Gasteiger partial charge in [0.05, 0.1) is 0 Å². The van der Waals surface area contributed by atoms with Gasteiger partial charge in [-0.1, -0.05) is 24.3 Å². The van der Waals surface area contributed by atoms with Crippen LogP contribution in [-0.4, -0.2) is 75.6 Å². The monoisotopic (exact) mass is 466 g/mol. The number of hydrogen-bond acceptors (Lipinski definition) is 6. The number of benzene rings is 1. The molecule has 1 aliphatic carbocycles. The number of hydrogen-bond donors (Lipinski definition) is 2. The van der Waals surface area contributed by atoms with Crippen LogP contribution < -0.4 is 10.6 Å². The molecule has 1 saturated heterocycles. The predicted molar refractivity (Wildman–Crippen MR) is 126 cm³/mol. The van der Waals surface area contributed by atoms with Crippen molar-refractivity contribution < 1.29 is 19.1 Å². The second kappa shape index (κ2) is 9.66. The van der Waals surface area contributed by atoms with Crippen LogP contribution in [0, 0.1) is 0 Å². The second-order valence-corrected chi connectivity index (χ2v) is 9.49. The average molecular weight is 467 g/mol. The predicted octanol–water partition coefficient (Wildman–Crippen LogP) is 2.46. The molecule has 0 unspecified atom stereocenters. The Hall–Kier alpha value is -3.69. The number of piperazine rings is 1. The molecular formula is C24H30N6O4. The third-order valence-corrected chi connectivity index (χ3v) is 5.74. The third-order valence-electron chi connectivity index (χ3n) is 5.74. The van der Waals surface area contributed by atoms with Gasteiger partial charge in [-0.05, 0) is 44.7 Å². The van der Waals surface area contributed by atoms with Gasteiger partial charge in [0.15, 0.2) is 11.5 Å². The Balaban J connectivity index is 1.33. The summed E-state index contributed by atoms with van der Waals surface area (Å²) in [6, 6.07) is 7.69. The number of aromatic nitrogens is 2. The van der Waals surface area contributed by atoms with E-state index in [0.29, 0.717) is 26.2 Å². The highest BCUT2D eigenvalue weighted by atomic mass is 16.6. The molecule has 0 radical (unpaired) electrons. The quantitative estimate of drug-likeness (QED) is 0.718. The van der Waals surface area contributed by atoms with Crippen LogP contribution in [0.2, 0.25) is 0 Å². The smallest absolute Gasteiger partial charge is 0.410 e. The molecule has 2 N–H and O–H groups in total. The minimum Gasteiger partial charge on any atom is -0.444 e. The van der Waals surface area contributed by atoms with E-state index in [1.165, 1.54) is 23.5 Å². The van der Waals surface area contributed by atoms with Gasteiger partial charge in [0.2, 0.25) is 0 Å². The van der Waals surface area contributed by atoms with E-state index in [1.807, 2.05) is 32.9 Å². The van der Waals surface area contributed by atoms with E-state index < -0.39 is 17.7 Å². The fourth-order valence-electron chi connectivity index (χ4n) is 4.11. The van der Waals surface area contributed by atoms with E-state index in [-0.39, 0.29) is 23.5 Å². The van der Waals surface area contributed by atoms with Gasteiger partial charge in [-0.25, -0.2) is 19.6 Å². The zero-order chi connectivity index (χ0) is 24.3. The van der Waals surface area contributed by atoms with Gasteiger partial charge in [-0.15, -0.1) is 0 Å². The molecule has 2 aromatic rings. The zero-order valence-electron chi connectivity index (χ0n) is 19.7. The molecule has 1 aromatic carbocycles. The van der Waals surface area contributed by atoms with Gasteiger partial charge in [0, 0.05) is 44.6 Å². The minimum absolute atomic E-state index is 0.0311. The van der Waals surface area contributed by atoms with Gasteiger partial charge in [0.1, 0.15) is 5.60 Å². The highest BCUT2D eigenvalue weighted by molar-refractivity contribution is 6.00. The molecule has 1 aliphatic heterocycles. The molecule has 0 spiro atoms. The van der Waals surface area contributed by atoms with E-state index in [4.69, 9.17) is 4.74 Å². The number of carbonyl (C=O) groups is 3. The van der Waals surface area contributed by atoms with Crippen molar-refractivity contribution >= 4 is 23.8 Å². The van der Waals surface area contributed by atoms with E-state index in [9.17, 15) is 14.4 Å². The van der Waals surface area contributed by atoms with Gasteiger partial charge in [-0.3, -0.25) is 10.1 Å². The van der Waals surface area contributed by atoms with Crippen LogP contribution in [0.4, 0.5) is 15.4 Å². The van der Waals surface area contributed by atoms with Crippen molar-refractivity contribution in [2.75, 3.05) is 31.5 Å². The SMILES string of the molecule is CC(C)(C)OC(=O)N1CCN(C(=O)Nc2nccnc2C(=O)NC2Cc3ccccc3C2)CC1. The topological polar surface area (TPSA) is 117 Å². The third kappa shape index (κ3) is 5.62. The summed E-state index contributed by atoms with van der Waals surface area (Å²) in [5, 5.41) is 5.71. The first-order chi connectivity index (χ1) is 16.2. The zero-order valence-corrected chi connectivity index (χ0v) is 19.7. The van der Waals surface area contributed by atoms with Gasteiger partial charge >= 0.3 is 12.1 Å². The lowest BCUT2D eigenvalue weighted by Crippen LogP contribution is -2.52. The molecule has 4 amide bonds. The lowest BCUT2D eigenvalue weighted by molar-refractivity contribution is 0.0174. The molecule has 1 fully saturated rings. The average Bonchev–Trinajstić information content (AvgIpc) is 3.20. The van der Waals surface area contributed by atoms with Crippen LogP contribution in [0.25, 0.3) is 0 Å². The first kappa shape index (κ1) is 23.5. The van der Waals surface area contributed by atoms with Gasteiger partial charge in [-0.2, -0.15) is 0 Å². The highest BCUT2D eigenvalue weighted by Crippen LogP contribution is 2.22. The largest absolute Gasteiger partial charge is 0.444 e. The fraction of sp³-hybridized carbons (Fsp3) is 0.458. The molecule has 10 nitrogen and oxygen atoms in total. The van der Waals surface area contributed by atoms with Crippen LogP contribution in [0.15, 0.2) is 36.7 Å². The molecule has 1 aromatic heterocycles. The van der Waals surface area contributed by atoms with Crippen LogP contribution in [0.1, 0.15) is 42.4 Å². The highest BCUT2D eigenvalue weighted by Gasteiger charge is 2.29. The first-order valence-electron chi connectivity index (χ1n) is 11.4. The maximum Gasteiger partial charge on any atom is 0.410 e. The summed E-state index contributed by atoms with van der Waals surface area (Å²) in [4.78, 5) is 49.5. The van der Waals surface area contributed by atoms with Crippen LogP contribution in [-0.2, 0) is 17.6 Å². The Morgan fingerprint density at radius 1 is 0.941 bits per heavy atom. The van der Waals surface area contributed by atoms with Crippen LogP contribution in [0.5, 0.6) is 0 Å². The summed E-state index contributed by atoms with van der Waals surface area (Å²) >= 11 is 0. The Labute approximate surface area is 198 Å². The standard InChI is InChI=1S/C24H30N6O4/c1-24(2,3)34-23(33)30-12-10-29(11-13-30)22(32)28-20-19(25-8-9-26-20)21(31)27-18-14-16-6-4-5-7-17(16)15-18/h4-9,18H,10-15H2,1-3H3,(H,27,31)(H,26,28,32). The van der Waals surface area contributed by atoms with E-state index in [1.54, 1.807) is 9.80 Å². The summed E-state index contributed by atoms with van der Waals surface area (Å²) < 4.78 is 5.39. The van der Waals surface area contributed by atoms with Crippen LogP contribution in [0.3, 0.4) is 0 Å². The van der Waals surface area contributed by atoms with E-state index in [2.05, 4.69) is 32.7 Å². The molecule has 0 saturated carbocycles. The molecule has 2 aliphatic rings. The number of anilines is 1. The number of amides is 4. The molecule has 2 heterocycles. The second-order valence-electron chi connectivity index (χ2n) is 9.49. The van der Waals surface area contributed by atoms with Crippen molar-refractivity contribution in [2.45, 2.75) is 45.3 Å². The van der Waals surface area contributed by atoms with Crippen molar-refractivity contribution in [3.05, 3.63) is 53.5 Å². The van der Waals surface area contributed by atoms with E-state index >= 15 is 0 Å². The summed E-state index contributed by atoms with van der Waals surface area (Å²) in [5.41, 5.74) is 1.95. The molecule has 0 atom stereocenters. The minimum atomic E-state index is -0.574. The summed E-state index contributed by atoms with van der Waals surface area (Å²) in [5.74, 6) is -0.272. The first-order valence-corrected chi connectivity index (χ1v) is 11.4. The van der Waals surface area contributed by atoms with Crippen molar-refractivity contribution in [1.29, 1.82) is 0 Å². The molecule has 10 heteroatoms. The van der Waals surface area contributed by atoms with E-state index in [0.717, 1.165) is 12.8 Å². The van der Waals surface area contributed by atoms with Crippen molar-refractivity contribution in [3.63, 3.8) is 0 Å². The number of carbonyl (C=O) groups excluding carboxylic acids is 3. The Bertz CT molecular complexity index is 1050. The van der Waals surface area contributed by atoms with Crippen molar-refractivity contribution in [3.8, 4) is 0 Å². The van der Waals surface area contributed by atoms with Crippen molar-refractivity contribution in [2.24, 2.45) is 0 Å². The molecular weight excluding hydrogens is 436 g/mol. The normalized spacial score (nSPS) is 16.1. The summed E-state index contributed by atoms with van der Waals surface area (Å²) in [6.07, 6.45) is 3.97. The Kier molecular flexibility index (Phi) is 6.67. The van der Waals surface area contributed by atoms with Gasteiger partial charge in [0.25, 0.3) is 5.91 Å². The number of fused-ring (bicyclic) bond motifs is 1. The maximum absolute atomic E-state index is 12.9. The lowest BCUT2D eigenvalue weighted by Gasteiger charge is -2.35. The number of rotatable bonds is 3. The molecule has 0 bridgehead atoms. The number of nitrogens with zero attached hydrogens (tertiary/aromatic N) is 4. The number of nitrogens with one attached hydrogen (secondary N) is 2. The summed E-state index contributed by atoms with van der Waals surface area (Å²) in [7, 11) is 0. The Morgan fingerprint density at radius 2 is 1.53 bits per heavy atom. The lowest BCUT2D eigenvalue weighted by atomic mass is 10.1. The van der Waals surface area contributed by atoms with Crippen molar-refractivity contribution in [1.82, 2.24) is 25.1 Å². The number of ether oxygens (including phenoxy) is 1. The molecule has 4 rings (SSSR count). The molecule has 34 heavy (non-hydrogen) atoms. The van der Waals surface area contributed by atoms with Gasteiger partial charge < -0.3 is 19.9 Å². The summed E-state index contributed by atoms with van der Waals surface area (Å²) in [6.45, 7) is 6.84.